The number of ether oxygens (including phenoxy) is 1. The molecular weight excluding hydrogens is 271 g/mol. The molecule has 1 saturated carbocycles. The number of ketones is 1. The third-order valence-corrected chi connectivity index (χ3v) is 3.50. The van der Waals surface area contributed by atoms with Crippen LogP contribution in [0, 0.1) is 31.6 Å². The molecule has 0 saturated heterocycles. The van der Waals surface area contributed by atoms with Crippen molar-refractivity contribution >= 4 is 29.0 Å². The largest absolute Gasteiger partial charge is 0.487 e. The van der Waals surface area contributed by atoms with Gasteiger partial charge in [0.15, 0.2) is 5.78 Å². The lowest BCUT2D eigenvalue weighted by Crippen LogP contribution is -2.32. The highest BCUT2D eigenvalue weighted by Crippen LogP contribution is 2.41. The second kappa shape index (κ2) is 4.75. The van der Waals surface area contributed by atoms with E-state index in [1.165, 1.54) is 0 Å². The Kier molecular flexibility index (Phi) is 3.25. The highest BCUT2D eigenvalue weighted by molar-refractivity contribution is 6.36. The molecule has 1 atom stereocenters. The standard InChI is InChI=1S/C14H9Cl2O2/c15-9-5-10-12(17)7-13(8-3-1-2-4-8)18-14(10)11(16)6-9/h1-6,13H,7H2. The fourth-order valence-corrected chi connectivity index (χ4v) is 2.68. The first-order chi connectivity index (χ1) is 8.65. The van der Waals surface area contributed by atoms with E-state index in [0.29, 0.717) is 27.8 Å². The topological polar surface area (TPSA) is 26.3 Å². The number of carbonyl (C=O) groups is 1. The SMILES string of the molecule is O=C1CC([C]2[CH][CH][CH][CH]2)Oc2c(Cl)cc(Cl)cc21. The predicted octanol–water partition coefficient (Wildman–Crippen LogP) is 3.73. The molecule has 2 aliphatic rings. The average molecular weight is 280 g/mol. The molecule has 1 unspecified atom stereocenters. The van der Waals surface area contributed by atoms with Crippen LogP contribution in [0.5, 0.6) is 5.75 Å². The predicted molar refractivity (Wildman–Crippen MR) is 70.3 cm³/mol. The van der Waals surface area contributed by atoms with Crippen molar-refractivity contribution in [1.82, 2.24) is 0 Å². The van der Waals surface area contributed by atoms with Crippen molar-refractivity contribution in [2.24, 2.45) is 0 Å². The van der Waals surface area contributed by atoms with Crippen LogP contribution < -0.4 is 4.74 Å². The van der Waals surface area contributed by atoms with E-state index in [1.807, 2.05) is 25.7 Å². The summed E-state index contributed by atoms with van der Waals surface area (Å²) in [5.41, 5.74) is 0.468. The van der Waals surface area contributed by atoms with Gasteiger partial charge in [-0.15, -0.1) is 0 Å². The van der Waals surface area contributed by atoms with Gasteiger partial charge < -0.3 is 4.74 Å². The molecule has 18 heavy (non-hydrogen) atoms. The molecular formula is C14H9Cl2O2. The summed E-state index contributed by atoms with van der Waals surface area (Å²) >= 11 is 12.0. The highest BCUT2D eigenvalue weighted by Gasteiger charge is 2.35. The van der Waals surface area contributed by atoms with E-state index in [9.17, 15) is 4.79 Å². The van der Waals surface area contributed by atoms with Gasteiger partial charge in [0, 0.05) is 17.4 Å². The molecule has 0 spiro atoms. The van der Waals surface area contributed by atoms with E-state index >= 15 is 0 Å². The second-order valence-corrected chi connectivity index (χ2v) is 5.06. The molecule has 1 heterocycles. The quantitative estimate of drug-likeness (QED) is 0.783. The zero-order valence-corrected chi connectivity index (χ0v) is 10.8. The molecule has 0 amide bonds. The summed E-state index contributed by atoms with van der Waals surface area (Å²) in [5.74, 6) is 1.43. The van der Waals surface area contributed by atoms with E-state index in [0.717, 1.165) is 5.92 Å². The molecule has 1 aliphatic carbocycles. The number of carbonyl (C=O) groups excluding carboxylic acids is 1. The van der Waals surface area contributed by atoms with Crippen LogP contribution in [0.3, 0.4) is 0 Å². The van der Waals surface area contributed by atoms with Gasteiger partial charge in [0.1, 0.15) is 11.9 Å². The van der Waals surface area contributed by atoms with Gasteiger partial charge in [-0.25, -0.2) is 0 Å². The van der Waals surface area contributed by atoms with Crippen molar-refractivity contribution in [3.63, 3.8) is 0 Å². The lowest BCUT2D eigenvalue weighted by molar-refractivity contribution is 0.0873. The Bertz CT molecular complexity index is 493. The molecule has 1 aromatic carbocycles. The van der Waals surface area contributed by atoms with Crippen molar-refractivity contribution in [2.75, 3.05) is 0 Å². The minimum absolute atomic E-state index is 0.00634. The van der Waals surface area contributed by atoms with Gasteiger partial charge in [-0.3, -0.25) is 4.79 Å². The second-order valence-electron chi connectivity index (χ2n) is 4.22. The van der Waals surface area contributed by atoms with Crippen LogP contribution in [0.25, 0.3) is 0 Å². The Morgan fingerprint density at radius 3 is 2.61 bits per heavy atom. The van der Waals surface area contributed by atoms with E-state index in [1.54, 1.807) is 12.1 Å². The van der Waals surface area contributed by atoms with Crippen molar-refractivity contribution < 1.29 is 9.53 Å². The Hall–Kier alpha value is -0.730. The zero-order chi connectivity index (χ0) is 12.7. The molecule has 1 fully saturated rings. The van der Waals surface area contributed by atoms with Crippen LogP contribution in [-0.2, 0) is 0 Å². The molecule has 0 bridgehead atoms. The number of benzene rings is 1. The van der Waals surface area contributed by atoms with Crippen LogP contribution in [0.1, 0.15) is 16.8 Å². The molecule has 5 radical (unpaired) electrons. The lowest BCUT2D eigenvalue weighted by Gasteiger charge is -2.29. The smallest absolute Gasteiger partial charge is 0.170 e. The molecule has 91 valence electrons. The summed E-state index contributed by atoms with van der Waals surface area (Å²) in [7, 11) is 0. The summed E-state index contributed by atoms with van der Waals surface area (Å²) in [6, 6.07) is 3.19. The summed E-state index contributed by atoms with van der Waals surface area (Å²) in [6.07, 6.45) is 7.76. The van der Waals surface area contributed by atoms with Crippen molar-refractivity contribution in [3.05, 3.63) is 59.3 Å². The number of halogens is 2. The van der Waals surface area contributed by atoms with Crippen LogP contribution in [-0.4, -0.2) is 11.9 Å². The van der Waals surface area contributed by atoms with E-state index in [-0.39, 0.29) is 11.9 Å². The minimum atomic E-state index is -0.265. The number of Topliss-reactive ketones (excluding diaryl/α,β-unsaturated/α-hetero) is 1. The van der Waals surface area contributed by atoms with Crippen LogP contribution in [0.4, 0.5) is 0 Å². The molecule has 0 aromatic heterocycles. The first-order valence-corrected chi connectivity index (χ1v) is 6.31. The zero-order valence-electron chi connectivity index (χ0n) is 9.32. The van der Waals surface area contributed by atoms with Crippen molar-refractivity contribution in [2.45, 2.75) is 12.5 Å². The van der Waals surface area contributed by atoms with Crippen LogP contribution >= 0.6 is 23.2 Å². The van der Waals surface area contributed by atoms with E-state index in [4.69, 9.17) is 27.9 Å². The molecule has 3 rings (SSSR count). The van der Waals surface area contributed by atoms with Gasteiger partial charge in [-0.2, -0.15) is 0 Å². The van der Waals surface area contributed by atoms with E-state index in [2.05, 4.69) is 0 Å². The molecule has 4 heteroatoms. The summed E-state index contributed by atoms with van der Waals surface area (Å²) in [6.45, 7) is 0. The fourth-order valence-electron chi connectivity index (χ4n) is 2.14. The number of hydrogen-bond donors (Lipinski definition) is 0. The van der Waals surface area contributed by atoms with Crippen molar-refractivity contribution in [3.8, 4) is 5.75 Å². The highest BCUT2D eigenvalue weighted by atomic mass is 35.5. The van der Waals surface area contributed by atoms with Crippen LogP contribution in [0.2, 0.25) is 10.0 Å². The number of hydrogen-bond acceptors (Lipinski definition) is 2. The molecule has 1 aliphatic heterocycles. The van der Waals surface area contributed by atoms with Gasteiger partial charge in [0.25, 0.3) is 0 Å². The Labute approximate surface area is 116 Å². The summed E-state index contributed by atoms with van der Waals surface area (Å²) < 4.78 is 5.82. The summed E-state index contributed by atoms with van der Waals surface area (Å²) in [5, 5.41) is 0.824. The first kappa shape index (κ1) is 12.3. The van der Waals surface area contributed by atoms with Gasteiger partial charge >= 0.3 is 0 Å². The van der Waals surface area contributed by atoms with Gasteiger partial charge in [-0.05, 0) is 37.8 Å². The number of rotatable bonds is 1. The van der Waals surface area contributed by atoms with Gasteiger partial charge in [0.2, 0.25) is 0 Å². The van der Waals surface area contributed by atoms with E-state index < -0.39 is 0 Å². The fraction of sp³-hybridized carbons (Fsp3) is 0.143. The number of fused-ring (bicyclic) bond motifs is 1. The molecule has 2 nitrogen and oxygen atoms in total. The molecule has 1 aromatic rings. The van der Waals surface area contributed by atoms with Crippen LogP contribution in [0.15, 0.2) is 12.1 Å². The maximum absolute atomic E-state index is 12.1. The lowest BCUT2D eigenvalue weighted by atomic mass is 9.91. The normalized spacial score (nSPS) is 23.9. The maximum atomic E-state index is 12.1. The minimum Gasteiger partial charge on any atom is -0.487 e. The maximum Gasteiger partial charge on any atom is 0.170 e. The Morgan fingerprint density at radius 1 is 1.17 bits per heavy atom. The first-order valence-electron chi connectivity index (χ1n) is 5.55. The van der Waals surface area contributed by atoms with Gasteiger partial charge in [-0.1, -0.05) is 23.2 Å². The third-order valence-electron chi connectivity index (χ3n) is 3.00. The van der Waals surface area contributed by atoms with Gasteiger partial charge in [0.05, 0.1) is 10.6 Å². The Balaban J connectivity index is 1.94. The molecule has 0 N–H and O–H groups in total. The monoisotopic (exact) mass is 279 g/mol. The summed E-state index contributed by atoms with van der Waals surface area (Å²) in [4.78, 5) is 12.1. The Morgan fingerprint density at radius 2 is 1.89 bits per heavy atom. The third kappa shape index (κ3) is 2.12. The average Bonchev–Trinajstić information content (AvgIpc) is 2.83. The van der Waals surface area contributed by atoms with Crippen molar-refractivity contribution in [1.29, 1.82) is 0 Å².